The van der Waals surface area contributed by atoms with Gasteiger partial charge in [-0.25, -0.2) is 0 Å². The summed E-state index contributed by atoms with van der Waals surface area (Å²) in [6.07, 6.45) is 1.84. The van der Waals surface area contributed by atoms with E-state index in [9.17, 15) is 4.79 Å². The van der Waals surface area contributed by atoms with Crippen LogP contribution in [0.15, 0.2) is 48.5 Å². The number of nitrogens with two attached hydrogens (primary N) is 1. The van der Waals surface area contributed by atoms with Crippen molar-refractivity contribution >= 4 is 11.6 Å². The van der Waals surface area contributed by atoms with Crippen LogP contribution in [-0.2, 0) is 17.6 Å². The van der Waals surface area contributed by atoms with E-state index in [1.165, 1.54) is 0 Å². The molecule has 0 saturated heterocycles. The number of hydrogen-bond donors (Lipinski definition) is 2. The summed E-state index contributed by atoms with van der Waals surface area (Å²) in [6.45, 7) is 4.24. The van der Waals surface area contributed by atoms with Crippen molar-refractivity contribution in [2.45, 2.75) is 39.2 Å². The molecule has 134 valence electrons. The smallest absolute Gasteiger partial charge is 0.220 e. The van der Waals surface area contributed by atoms with Crippen LogP contribution in [-0.4, -0.2) is 19.1 Å². The van der Waals surface area contributed by atoms with Crippen molar-refractivity contribution in [1.29, 1.82) is 0 Å². The number of methoxy groups -OCH3 is 1. The highest BCUT2D eigenvalue weighted by Gasteiger charge is 2.18. The van der Waals surface area contributed by atoms with Gasteiger partial charge in [-0.15, -0.1) is 0 Å². The van der Waals surface area contributed by atoms with Gasteiger partial charge in [-0.05, 0) is 42.0 Å². The van der Waals surface area contributed by atoms with Crippen LogP contribution >= 0.6 is 0 Å². The monoisotopic (exact) mass is 340 g/mol. The molecule has 3 N–H and O–H groups in total. The molecule has 1 unspecified atom stereocenters. The Hall–Kier alpha value is -2.49. The molecule has 0 spiro atoms. The Balaban J connectivity index is 1.96. The van der Waals surface area contributed by atoms with Crippen LogP contribution in [0.3, 0.4) is 0 Å². The average molecular weight is 340 g/mol. The lowest BCUT2D eigenvalue weighted by atomic mass is 9.95. The molecule has 0 heterocycles. The lowest BCUT2D eigenvalue weighted by Crippen LogP contribution is -2.40. The van der Waals surface area contributed by atoms with Crippen molar-refractivity contribution < 1.29 is 9.53 Å². The molecule has 4 heteroatoms. The Kier molecular flexibility index (Phi) is 6.87. The first-order valence-electron chi connectivity index (χ1n) is 8.76. The fourth-order valence-corrected chi connectivity index (χ4v) is 2.85. The number of anilines is 1. The highest BCUT2D eigenvalue weighted by atomic mass is 16.5. The van der Waals surface area contributed by atoms with Crippen LogP contribution in [0.5, 0.6) is 5.75 Å². The molecule has 4 nitrogen and oxygen atoms in total. The molecule has 2 rings (SSSR count). The van der Waals surface area contributed by atoms with Gasteiger partial charge >= 0.3 is 0 Å². The Morgan fingerprint density at radius 3 is 2.36 bits per heavy atom. The van der Waals surface area contributed by atoms with E-state index in [-0.39, 0.29) is 11.9 Å². The van der Waals surface area contributed by atoms with Crippen LogP contribution < -0.4 is 15.8 Å². The van der Waals surface area contributed by atoms with Gasteiger partial charge in [0.2, 0.25) is 5.91 Å². The zero-order chi connectivity index (χ0) is 18.2. The number of benzene rings is 2. The number of nitrogen functional groups attached to an aromatic ring is 1. The minimum Gasteiger partial charge on any atom is -0.496 e. The first kappa shape index (κ1) is 18.8. The number of ether oxygens (including phenoxy) is 1. The number of hydrogen-bond acceptors (Lipinski definition) is 3. The van der Waals surface area contributed by atoms with Crippen molar-refractivity contribution in [2.75, 3.05) is 12.8 Å². The fraction of sp³-hybridized carbons (Fsp3) is 0.381. The minimum atomic E-state index is 0.0526. The summed E-state index contributed by atoms with van der Waals surface area (Å²) in [4.78, 5) is 12.4. The van der Waals surface area contributed by atoms with E-state index < -0.39 is 0 Å². The predicted octanol–water partition coefficient (Wildman–Crippen LogP) is 3.59. The molecular formula is C21H28N2O2. The van der Waals surface area contributed by atoms with E-state index >= 15 is 0 Å². The van der Waals surface area contributed by atoms with E-state index in [1.54, 1.807) is 7.11 Å². The first-order valence-corrected chi connectivity index (χ1v) is 8.76. The molecule has 0 aliphatic rings. The second kappa shape index (κ2) is 9.11. The van der Waals surface area contributed by atoms with Gasteiger partial charge in [-0.1, -0.05) is 50.2 Å². The van der Waals surface area contributed by atoms with Crippen LogP contribution in [0.25, 0.3) is 0 Å². The van der Waals surface area contributed by atoms with Gasteiger partial charge in [0, 0.05) is 18.2 Å². The highest BCUT2D eigenvalue weighted by molar-refractivity contribution is 5.76. The van der Waals surface area contributed by atoms with Gasteiger partial charge in [0.1, 0.15) is 5.75 Å². The molecule has 2 aromatic rings. The second-order valence-corrected chi connectivity index (χ2v) is 6.63. The largest absolute Gasteiger partial charge is 0.496 e. The highest BCUT2D eigenvalue weighted by Crippen LogP contribution is 2.21. The third-order valence-corrected chi connectivity index (χ3v) is 4.46. The first-order chi connectivity index (χ1) is 12.0. The van der Waals surface area contributed by atoms with Crippen molar-refractivity contribution in [1.82, 2.24) is 5.32 Å². The summed E-state index contributed by atoms with van der Waals surface area (Å²) in [6, 6.07) is 15.7. The van der Waals surface area contributed by atoms with E-state index in [4.69, 9.17) is 10.5 Å². The van der Waals surface area contributed by atoms with Gasteiger partial charge in [0.05, 0.1) is 7.11 Å². The van der Waals surface area contributed by atoms with Crippen molar-refractivity contribution in [2.24, 2.45) is 5.92 Å². The Bertz CT molecular complexity index is 698. The van der Waals surface area contributed by atoms with Gasteiger partial charge in [0.25, 0.3) is 0 Å². The number of carbonyl (C=O) groups is 1. The number of nitrogens with one attached hydrogen (secondary N) is 1. The maximum Gasteiger partial charge on any atom is 0.220 e. The predicted molar refractivity (Wildman–Crippen MR) is 103 cm³/mol. The van der Waals surface area contributed by atoms with Gasteiger partial charge in [-0.3, -0.25) is 4.79 Å². The van der Waals surface area contributed by atoms with Crippen LogP contribution in [0.1, 0.15) is 31.4 Å². The van der Waals surface area contributed by atoms with E-state index in [2.05, 4.69) is 19.2 Å². The summed E-state index contributed by atoms with van der Waals surface area (Å²) in [5.41, 5.74) is 8.81. The Labute approximate surface area is 150 Å². The number of rotatable bonds is 8. The number of para-hydroxylation sites is 2. The van der Waals surface area contributed by atoms with Crippen molar-refractivity contribution in [3.63, 3.8) is 0 Å². The normalized spacial score (nSPS) is 12.0. The molecule has 1 atom stereocenters. The molecule has 0 aliphatic heterocycles. The molecule has 0 saturated carbocycles. The summed E-state index contributed by atoms with van der Waals surface area (Å²) in [7, 11) is 1.67. The zero-order valence-corrected chi connectivity index (χ0v) is 15.3. The van der Waals surface area contributed by atoms with E-state index in [0.29, 0.717) is 18.8 Å². The standard InChI is InChI=1S/C21H28N2O2/c1-15(2)19(14-17-9-5-7-11-20(17)25-3)23-21(24)13-12-16-8-4-6-10-18(16)22/h4-11,15,19H,12-14,22H2,1-3H3,(H,23,24). The van der Waals surface area contributed by atoms with Gasteiger partial charge < -0.3 is 15.8 Å². The van der Waals surface area contributed by atoms with Crippen LogP contribution in [0.2, 0.25) is 0 Å². The van der Waals surface area contributed by atoms with Crippen LogP contribution in [0.4, 0.5) is 5.69 Å². The quantitative estimate of drug-likeness (QED) is 0.722. The lowest BCUT2D eigenvalue weighted by Gasteiger charge is -2.23. The second-order valence-electron chi connectivity index (χ2n) is 6.63. The Morgan fingerprint density at radius 2 is 1.72 bits per heavy atom. The summed E-state index contributed by atoms with van der Waals surface area (Å²) < 4.78 is 5.42. The van der Waals surface area contributed by atoms with Crippen molar-refractivity contribution in [3.8, 4) is 5.75 Å². The summed E-state index contributed by atoms with van der Waals surface area (Å²) in [5.74, 6) is 1.24. The third kappa shape index (κ3) is 5.52. The minimum absolute atomic E-state index is 0.0526. The molecular weight excluding hydrogens is 312 g/mol. The average Bonchev–Trinajstić information content (AvgIpc) is 2.60. The summed E-state index contributed by atoms with van der Waals surface area (Å²) in [5, 5.41) is 3.17. The molecule has 25 heavy (non-hydrogen) atoms. The van der Waals surface area contributed by atoms with Crippen LogP contribution in [0, 0.1) is 5.92 Å². The van der Waals surface area contributed by atoms with E-state index in [1.807, 2.05) is 48.5 Å². The topological polar surface area (TPSA) is 64.3 Å². The fourth-order valence-electron chi connectivity index (χ4n) is 2.85. The van der Waals surface area contributed by atoms with Crippen molar-refractivity contribution in [3.05, 3.63) is 59.7 Å². The Morgan fingerprint density at radius 1 is 1.08 bits per heavy atom. The zero-order valence-electron chi connectivity index (χ0n) is 15.3. The number of amides is 1. The molecule has 0 fully saturated rings. The third-order valence-electron chi connectivity index (χ3n) is 4.46. The molecule has 0 aliphatic carbocycles. The molecule has 1 amide bonds. The maximum absolute atomic E-state index is 12.4. The molecule has 0 radical (unpaired) electrons. The lowest BCUT2D eigenvalue weighted by molar-refractivity contribution is -0.122. The van der Waals surface area contributed by atoms with Gasteiger partial charge in [-0.2, -0.15) is 0 Å². The number of carbonyl (C=O) groups excluding carboxylic acids is 1. The number of aryl methyl sites for hydroxylation is 1. The van der Waals surface area contributed by atoms with E-state index in [0.717, 1.165) is 29.0 Å². The SMILES string of the molecule is COc1ccccc1CC(NC(=O)CCc1ccccc1N)C(C)C. The molecule has 2 aromatic carbocycles. The summed E-state index contributed by atoms with van der Waals surface area (Å²) >= 11 is 0. The maximum atomic E-state index is 12.4. The van der Waals surface area contributed by atoms with Gasteiger partial charge in [0.15, 0.2) is 0 Å². The molecule has 0 bridgehead atoms. The molecule has 0 aromatic heterocycles.